The normalized spacial score (nSPS) is 19.1. The minimum Gasteiger partial charge on any atom is -0.462 e. The molecule has 2 heterocycles. The average Bonchev–Trinajstić information content (AvgIpc) is 3.07. The van der Waals surface area contributed by atoms with Gasteiger partial charge in [0.1, 0.15) is 11.5 Å². The maximum Gasteiger partial charge on any atom is 0.341 e. The number of amides is 5. The van der Waals surface area contributed by atoms with Gasteiger partial charge in [-0.05, 0) is 37.7 Å². The first-order valence-electron chi connectivity index (χ1n) is 8.99. The summed E-state index contributed by atoms with van der Waals surface area (Å²) in [6, 6.07) is -0.852. The van der Waals surface area contributed by atoms with Crippen molar-refractivity contribution in [3.63, 3.8) is 0 Å². The van der Waals surface area contributed by atoms with Gasteiger partial charge in [-0.3, -0.25) is 19.3 Å². The number of urea groups is 1. The summed E-state index contributed by atoms with van der Waals surface area (Å²) in [4.78, 5) is 62.5. The summed E-state index contributed by atoms with van der Waals surface area (Å²) in [5, 5.41) is 2.97. The number of rotatable bonds is 5. The van der Waals surface area contributed by atoms with E-state index >= 15 is 0 Å². The number of ether oxygens (including phenoxy) is 1. The number of carbonyl (C=O) groups is 5. The van der Waals surface area contributed by atoms with E-state index in [1.165, 1.54) is 18.4 Å². The van der Waals surface area contributed by atoms with E-state index < -0.39 is 36.3 Å². The van der Waals surface area contributed by atoms with Crippen molar-refractivity contribution in [2.45, 2.75) is 33.1 Å². The van der Waals surface area contributed by atoms with Crippen LogP contribution in [0.3, 0.4) is 0 Å². The van der Waals surface area contributed by atoms with Crippen LogP contribution in [0, 0.1) is 5.92 Å². The zero-order chi connectivity index (χ0) is 20.6. The van der Waals surface area contributed by atoms with Crippen molar-refractivity contribution < 1.29 is 28.7 Å². The Morgan fingerprint density at radius 3 is 2.57 bits per heavy atom. The van der Waals surface area contributed by atoms with Crippen molar-refractivity contribution in [1.82, 2.24) is 9.80 Å². The Bertz CT molecular complexity index is 877. The highest BCUT2D eigenvalue weighted by molar-refractivity contribution is 7.17. The van der Waals surface area contributed by atoms with E-state index in [2.05, 4.69) is 12.2 Å². The first kappa shape index (κ1) is 20.0. The molecular formula is C18H21N3O6S. The molecule has 1 N–H and O–H groups in total. The minimum absolute atomic E-state index is 0.207. The fraction of sp³-hybridized carbons (Fsp3) is 0.500. The molecule has 0 saturated carbocycles. The Balaban J connectivity index is 1.82. The zero-order valence-electron chi connectivity index (χ0n) is 15.9. The lowest BCUT2D eigenvalue weighted by Gasteiger charge is -2.18. The molecule has 0 aromatic carbocycles. The second-order valence-corrected chi connectivity index (χ2v) is 7.97. The van der Waals surface area contributed by atoms with Gasteiger partial charge in [0, 0.05) is 11.9 Å². The molecule has 5 amide bonds. The predicted octanol–water partition coefficient (Wildman–Crippen LogP) is 1.41. The molecule has 1 aromatic rings. The number of nitrogens with one attached hydrogen (secondary N) is 1. The lowest BCUT2D eigenvalue weighted by atomic mass is 9.88. The number of likely N-dealkylation sites (N-methyl/N-ethyl adjacent to an activating group) is 1. The molecule has 0 bridgehead atoms. The number of nitrogens with zero attached hydrogens (tertiary/aromatic N) is 2. The van der Waals surface area contributed by atoms with Gasteiger partial charge in [0.25, 0.3) is 0 Å². The molecule has 150 valence electrons. The third-order valence-corrected chi connectivity index (χ3v) is 5.97. The fourth-order valence-electron chi connectivity index (χ4n) is 3.32. The van der Waals surface area contributed by atoms with Gasteiger partial charge in [0.15, 0.2) is 0 Å². The highest BCUT2D eigenvalue weighted by Gasteiger charge is 2.43. The number of carbonyl (C=O) groups excluding carboxylic acids is 5. The summed E-state index contributed by atoms with van der Waals surface area (Å²) in [5.74, 6) is -2.72. The number of anilines is 1. The number of esters is 1. The monoisotopic (exact) mass is 407 g/mol. The Kier molecular flexibility index (Phi) is 5.50. The number of hydrogen-bond acceptors (Lipinski definition) is 7. The SMILES string of the molecule is CCOC(=O)c1c(NC(=O)CN2C(=O)C(=O)N(C)C2=O)sc2c1CC[C@H](C)C2. The lowest BCUT2D eigenvalue weighted by molar-refractivity contribution is -0.143. The molecule has 2 aliphatic rings. The predicted molar refractivity (Wildman–Crippen MR) is 100.0 cm³/mol. The summed E-state index contributed by atoms with van der Waals surface area (Å²) in [6.45, 7) is 3.44. The van der Waals surface area contributed by atoms with Gasteiger partial charge in [-0.1, -0.05) is 6.92 Å². The molecule has 1 fully saturated rings. The maximum absolute atomic E-state index is 12.5. The Morgan fingerprint density at radius 1 is 1.25 bits per heavy atom. The van der Waals surface area contributed by atoms with Crippen LogP contribution < -0.4 is 5.32 Å². The van der Waals surface area contributed by atoms with Gasteiger partial charge in [0.05, 0.1) is 12.2 Å². The van der Waals surface area contributed by atoms with Crippen molar-refractivity contribution in [2.75, 3.05) is 25.5 Å². The molecule has 28 heavy (non-hydrogen) atoms. The Morgan fingerprint density at radius 2 is 1.96 bits per heavy atom. The number of thiophene rings is 1. The van der Waals surface area contributed by atoms with E-state index in [9.17, 15) is 24.0 Å². The maximum atomic E-state index is 12.5. The smallest absolute Gasteiger partial charge is 0.341 e. The van der Waals surface area contributed by atoms with Crippen LogP contribution >= 0.6 is 11.3 Å². The second kappa shape index (κ2) is 7.70. The molecule has 9 nitrogen and oxygen atoms in total. The fourth-order valence-corrected chi connectivity index (χ4v) is 4.74. The van der Waals surface area contributed by atoms with Gasteiger partial charge in [-0.2, -0.15) is 0 Å². The van der Waals surface area contributed by atoms with Gasteiger partial charge >= 0.3 is 23.8 Å². The first-order valence-corrected chi connectivity index (χ1v) is 9.81. The van der Waals surface area contributed by atoms with Gasteiger partial charge in [-0.15, -0.1) is 11.3 Å². The van der Waals surface area contributed by atoms with Gasteiger partial charge in [-0.25, -0.2) is 14.5 Å². The second-order valence-electron chi connectivity index (χ2n) is 6.86. The van der Waals surface area contributed by atoms with Crippen molar-refractivity contribution >= 4 is 46.1 Å². The molecular weight excluding hydrogens is 386 g/mol. The van der Waals surface area contributed by atoms with Crippen LogP contribution in [0.1, 0.15) is 41.1 Å². The largest absolute Gasteiger partial charge is 0.462 e. The van der Waals surface area contributed by atoms with Crippen LogP contribution in [0.15, 0.2) is 0 Å². The molecule has 0 radical (unpaired) electrons. The molecule has 3 rings (SSSR count). The van der Waals surface area contributed by atoms with Crippen LogP contribution in [0.4, 0.5) is 9.80 Å². The molecule has 1 aliphatic carbocycles. The minimum atomic E-state index is -1.05. The zero-order valence-corrected chi connectivity index (χ0v) is 16.7. The van der Waals surface area contributed by atoms with E-state index in [1.807, 2.05) is 0 Å². The van der Waals surface area contributed by atoms with Gasteiger partial charge < -0.3 is 10.1 Å². The van der Waals surface area contributed by atoms with Crippen LogP contribution in [0.25, 0.3) is 0 Å². The molecule has 0 spiro atoms. The highest BCUT2D eigenvalue weighted by atomic mass is 32.1. The van der Waals surface area contributed by atoms with Gasteiger partial charge in [0.2, 0.25) is 5.91 Å². The first-order chi connectivity index (χ1) is 13.2. The quantitative estimate of drug-likeness (QED) is 0.449. The van der Waals surface area contributed by atoms with Crippen LogP contribution in [-0.2, 0) is 32.0 Å². The average molecular weight is 407 g/mol. The topological polar surface area (TPSA) is 113 Å². The standard InChI is InChI=1S/C18H21N3O6S/c1-4-27-17(25)13-10-6-5-9(2)7-11(10)28-14(13)19-12(22)8-21-16(24)15(23)20(3)18(21)26/h9H,4-8H2,1-3H3,(H,19,22)/t9-/m0/s1. The van der Waals surface area contributed by atoms with Crippen molar-refractivity contribution in [3.8, 4) is 0 Å². The summed E-state index contributed by atoms with van der Waals surface area (Å²) in [5.41, 5.74) is 1.23. The summed E-state index contributed by atoms with van der Waals surface area (Å²) in [7, 11) is 1.17. The van der Waals surface area contributed by atoms with E-state index in [-0.39, 0.29) is 6.61 Å². The summed E-state index contributed by atoms with van der Waals surface area (Å²) < 4.78 is 5.14. The summed E-state index contributed by atoms with van der Waals surface area (Å²) in [6.07, 6.45) is 2.47. The van der Waals surface area contributed by atoms with Crippen molar-refractivity contribution in [3.05, 3.63) is 16.0 Å². The third-order valence-electron chi connectivity index (χ3n) is 4.80. The number of hydrogen-bond donors (Lipinski definition) is 1. The molecule has 1 aliphatic heterocycles. The Labute approximate surface area is 165 Å². The number of imide groups is 2. The molecule has 0 unspecified atom stereocenters. The Hall–Kier alpha value is -2.75. The van der Waals surface area contributed by atoms with Crippen molar-refractivity contribution in [1.29, 1.82) is 0 Å². The van der Waals surface area contributed by atoms with Crippen molar-refractivity contribution in [2.24, 2.45) is 5.92 Å². The molecule has 1 aromatic heterocycles. The van der Waals surface area contributed by atoms with Crippen LogP contribution in [0.2, 0.25) is 0 Å². The van der Waals surface area contributed by atoms with Crippen LogP contribution in [-0.4, -0.2) is 59.7 Å². The number of fused-ring (bicyclic) bond motifs is 1. The lowest BCUT2D eigenvalue weighted by Crippen LogP contribution is -2.38. The molecule has 1 atom stereocenters. The molecule has 10 heteroatoms. The third kappa shape index (κ3) is 3.51. The van der Waals surface area contributed by atoms with E-state index in [1.54, 1.807) is 6.92 Å². The summed E-state index contributed by atoms with van der Waals surface area (Å²) >= 11 is 1.31. The molecule has 1 saturated heterocycles. The van der Waals surface area contributed by atoms with E-state index in [4.69, 9.17) is 4.74 Å². The van der Waals surface area contributed by atoms with Crippen LogP contribution in [0.5, 0.6) is 0 Å². The highest BCUT2D eigenvalue weighted by Crippen LogP contribution is 2.40. The van der Waals surface area contributed by atoms with E-state index in [0.717, 1.165) is 29.7 Å². The van der Waals surface area contributed by atoms with E-state index in [0.29, 0.717) is 26.3 Å².